The summed E-state index contributed by atoms with van der Waals surface area (Å²) in [7, 11) is 1.51. The Bertz CT molecular complexity index is 778. The van der Waals surface area contributed by atoms with Gasteiger partial charge in [0, 0.05) is 18.4 Å². The molecule has 6 heteroatoms. The van der Waals surface area contributed by atoms with Crippen molar-refractivity contribution in [3.63, 3.8) is 0 Å². The van der Waals surface area contributed by atoms with Crippen LogP contribution in [0.25, 0.3) is 0 Å². The van der Waals surface area contributed by atoms with Gasteiger partial charge in [0.15, 0.2) is 5.78 Å². The molecule has 1 aromatic carbocycles. The summed E-state index contributed by atoms with van der Waals surface area (Å²) < 4.78 is 10.5. The molecule has 1 aliphatic carbocycles. The van der Waals surface area contributed by atoms with E-state index in [1.54, 1.807) is 24.3 Å². The van der Waals surface area contributed by atoms with E-state index in [0.717, 1.165) is 0 Å². The predicted molar refractivity (Wildman–Crippen MR) is 90.9 cm³/mol. The van der Waals surface area contributed by atoms with E-state index in [9.17, 15) is 14.4 Å². The lowest BCUT2D eigenvalue weighted by atomic mass is 9.72. The molecule has 1 heterocycles. The summed E-state index contributed by atoms with van der Waals surface area (Å²) in [5, 5.41) is 2.77. The van der Waals surface area contributed by atoms with Crippen molar-refractivity contribution in [1.29, 1.82) is 0 Å². The molecule has 1 atom stereocenters. The van der Waals surface area contributed by atoms with Crippen LogP contribution in [0, 0.1) is 11.3 Å². The molecule has 0 radical (unpaired) electrons. The van der Waals surface area contributed by atoms with Gasteiger partial charge in [-0.1, -0.05) is 26.0 Å². The van der Waals surface area contributed by atoms with Crippen LogP contribution in [0.5, 0.6) is 5.75 Å². The van der Waals surface area contributed by atoms with Crippen LogP contribution >= 0.6 is 0 Å². The zero-order chi connectivity index (χ0) is 18.2. The van der Waals surface area contributed by atoms with Crippen molar-refractivity contribution < 1.29 is 23.9 Å². The molecule has 1 aromatic rings. The maximum Gasteiger partial charge on any atom is 0.312 e. The van der Waals surface area contributed by atoms with Crippen LogP contribution in [0.2, 0.25) is 0 Å². The van der Waals surface area contributed by atoms with Gasteiger partial charge in [-0.2, -0.15) is 0 Å². The van der Waals surface area contributed by atoms with Crippen LogP contribution in [-0.2, 0) is 19.1 Å². The van der Waals surface area contributed by atoms with Gasteiger partial charge in [-0.3, -0.25) is 14.4 Å². The summed E-state index contributed by atoms with van der Waals surface area (Å²) in [6.07, 6.45) is 0.673. The molecule has 132 valence electrons. The number of benzene rings is 1. The van der Waals surface area contributed by atoms with Gasteiger partial charge in [-0.15, -0.1) is 0 Å². The van der Waals surface area contributed by atoms with Gasteiger partial charge in [0.25, 0.3) is 0 Å². The Morgan fingerprint density at radius 2 is 1.96 bits per heavy atom. The molecular weight excluding hydrogens is 322 g/mol. The lowest BCUT2D eigenvalue weighted by Crippen LogP contribution is -2.39. The van der Waals surface area contributed by atoms with Crippen LogP contribution in [0.1, 0.15) is 33.1 Å². The maximum absolute atomic E-state index is 12.8. The Kier molecular flexibility index (Phi) is 4.37. The van der Waals surface area contributed by atoms with Crippen molar-refractivity contribution in [3.05, 3.63) is 35.6 Å². The average Bonchev–Trinajstić information content (AvgIpc) is 2.52. The molecule has 1 amide bonds. The Labute approximate surface area is 146 Å². The predicted octanol–water partition coefficient (Wildman–Crippen LogP) is 2.84. The molecule has 3 rings (SSSR count). The first-order valence-electron chi connectivity index (χ1n) is 8.21. The van der Waals surface area contributed by atoms with Crippen molar-refractivity contribution in [3.8, 4) is 5.75 Å². The number of ketones is 1. The van der Waals surface area contributed by atoms with Gasteiger partial charge >= 0.3 is 5.97 Å². The highest BCUT2D eigenvalue weighted by atomic mass is 16.5. The lowest BCUT2D eigenvalue weighted by Gasteiger charge is -2.36. The van der Waals surface area contributed by atoms with Gasteiger partial charge in [-0.05, 0) is 17.5 Å². The van der Waals surface area contributed by atoms with Crippen LogP contribution < -0.4 is 10.1 Å². The summed E-state index contributed by atoms with van der Waals surface area (Å²) >= 11 is 0. The Hall–Kier alpha value is -2.63. The van der Waals surface area contributed by atoms with Gasteiger partial charge < -0.3 is 14.8 Å². The lowest BCUT2D eigenvalue weighted by molar-refractivity contribution is -0.146. The van der Waals surface area contributed by atoms with Crippen LogP contribution in [0.3, 0.4) is 0 Å². The zero-order valence-corrected chi connectivity index (χ0v) is 14.5. The summed E-state index contributed by atoms with van der Waals surface area (Å²) in [5.41, 5.74) is 0.558. The SMILES string of the molecule is COc1ccccc1NC(=O)[C@H]1CC(=O)OC2=C1C(=O)CC(C)(C)C2. The van der Waals surface area contributed by atoms with Gasteiger partial charge in [0.1, 0.15) is 11.5 Å². The number of hydrogen-bond donors (Lipinski definition) is 1. The number of methoxy groups -OCH3 is 1. The van der Waals surface area contributed by atoms with Gasteiger partial charge in [0.2, 0.25) is 5.91 Å². The highest BCUT2D eigenvalue weighted by molar-refractivity contribution is 6.08. The average molecular weight is 343 g/mol. The monoisotopic (exact) mass is 343 g/mol. The Morgan fingerprint density at radius 3 is 2.68 bits per heavy atom. The van der Waals surface area contributed by atoms with Crippen LogP contribution in [0.4, 0.5) is 5.69 Å². The molecule has 2 aliphatic rings. The molecule has 6 nitrogen and oxygen atoms in total. The Morgan fingerprint density at radius 1 is 1.24 bits per heavy atom. The van der Waals surface area contributed by atoms with Crippen molar-refractivity contribution in [2.45, 2.75) is 33.1 Å². The number of anilines is 1. The number of carbonyl (C=O) groups is 3. The smallest absolute Gasteiger partial charge is 0.312 e. The minimum Gasteiger partial charge on any atom is -0.495 e. The summed E-state index contributed by atoms with van der Waals surface area (Å²) in [6.45, 7) is 3.89. The molecule has 25 heavy (non-hydrogen) atoms. The molecule has 0 fully saturated rings. The van der Waals surface area contributed by atoms with Crippen molar-refractivity contribution in [2.75, 3.05) is 12.4 Å². The van der Waals surface area contributed by atoms with Gasteiger partial charge in [0.05, 0.1) is 25.1 Å². The van der Waals surface area contributed by atoms with E-state index in [1.807, 2.05) is 13.8 Å². The number of amides is 1. The molecule has 0 aromatic heterocycles. The van der Waals surface area contributed by atoms with Crippen molar-refractivity contribution in [1.82, 2.24) is 0 Å². The third-order valence-electron chi connectivity index (χ3n) is 4.52. The first-order chi connectivity index (χ1) is 11.8. The van der Waals surface area contributed by atoms with E-state index in [-0.39, 0.29) is 17.6 Å². The summed E-state index contributed by atoms with van der Waals surface area (Å²) in [6, 6.07) is 6.99. The first-order valence-corrected chi connectivity index (χ1v) is 8.21. The Balaban J connectivity index is 1.91. The number of rotatable bonds is 3. The van der Waals surface area contributed by atoms with Crippen LogP contribution in [-0.4, -0.2) is 24.8 Å². The molecule has 0 bridgehead atoms. The van der Waals surface area contributed by atoms with Crippen molar-refractivity contribution in [2.24, 2.45) is 11.3 Å². The van der Waals surface area contributed by atoms with E-state index < -0.39 is 17.8 Å². The number of allylic oxidation sites excluding steroid dienone is 1. The molecule has 0 spiro atoms. The molecule has 1 aliphatic heterocycles. The van der Waals surface area contributed by atoms with Gasteiger partial charge in [-0.25, -0.2) is 0 Å². The molecule has 0 saturated heterocycles. The topological polar surface area (TPSA) is 81.7 Å². The minimum atomic E-state index is -0.829. The fourth-order valence-corrected chi connectivity index (χ4v) is 3.40. The number of hydrogen-bond acceptors (Lipinski definition) is 5. The second-order valence-electron chi connectivity index (χ2n) is 7.20. The van der Waals surface area contributed by atoms with E-state index in [2.05, 4.69) is 5.32 Å². The highest BCUT2D eigenvalue weighted by Crippen LogP contribution is 2.43. The van der Waals surface area contributed by atoms with E-state index in [0.29, 0.717) is 35.6 Å². The third kappa shape index (κ3) is 3.43. The number of carbonyl (C=O) groups excluding carboxylic acids is 3. The number of para-hydroxylation sites is 2. The fourth-order valence-electron chi connectivity index (χ4n) is 3.40. The largest absolute Gasteiger partial charge is 0.495 e. The van der Waals surface area contributed by atoms with E-state index in [1.165, 1.54) is 7.11 Å². The van der Waals surface area contributed by atoms with Crippen molar-refractivity contribution >= 4 is 23.3 Å². The normalized spacial score (nSPS) is 22.1. The van der Waals surface area contributed by atoms with E-state index in [4.69, 9.17) is 9.47 Å². The van der Waals surface area contributed by atoms with E-state index >= 15 is 0 Å². The minimum absolute atomic E-state index is 0.126. The number of nitrogens with one attached hydrogen (secondary N) is 1. The number of Topliss-reactive ketones (excluding diaryl/α,β-unsaturated/α-hetero) is 1. The first kappa shape index (κ1) is 17.2. The fraction of sp³-hybridized carbons (Fsp3) is 0.421. The quantitative estimate of drug-likeness (QED) is 0.854. The molecule has 1 N–H and O–H groups in total. The molecule has 0 saturated carbocycles. The second kappa shape index (κ2) is 6.35. The summed E-state index contributed by atoms with van der Waals surface area (Å²) in [4.78, 5) is 37.3. The maximum atomic E-state index is 12.8. The second-order valence-corrected chi connectivity index (χ2v) is 7.20. The van der Waals surface area contributed by atoms with Crippen LogP contribution in [0.15, 0.2) is 35.6 Å². The standard InChI is InChI=1S/C19H21NO5/c1-19(2)9-13(21)17-11(8-16(22)25-15(17)10-19)18(23)20-12-6-4-5-7-14(12)24-3/h4-7,11H,8-10H2,1-3H3,(H,20,23)/t11-/m0/s1. The molecule has 0 unspecified atom stereocenters. The number of ether oxygens (including phenoxy) is 2. The third-order valence-corrected chi connectivity index (χ3v) is 4.52. The molecular formula is C19H21NO5. The highest BCUT2D eigenvalue weighted by Gasteiger charge is 2.44. The number of esters is 1. The summed E-state index contributed by atoms with van der Waals surface area (Å²) in [5.74, 6) is -0.980. The zero-order valence-electron chi connectivity index (χ0n) is 14.5.